The van der Waals surface area contributed by atoms with Crippen molar-refractivity contribution in [3.8, 4) is 11.5 Å². The second-order valence-corrected chi connectivity index (χ2v) is 8.75. The number of para-hydroxylation sites is 1. The number of imide groups is 1. The number of carbonyl (C=O) groups is 3. The number of amides is 2. The van der Waals surface area contributed by atoms with E-state index >= 15 is 0 Å². The van der Waals surface area contributed by atoms with E-state index in [1.807, 2.05) is 12.1 Å². The molecule has 0 aromatic heterocycles. The lowest BCUT2D eigenvalue weighted by molar-refractivity contribution is -0.152. The Morgan fingerprint density at radius 3 is 2.14 bits per heavy atom. The quantitative estimate of drug-likeness (QED) is 0.422. The van der Waals surface area contributed by atoms with Crippen LogP contribution in [0.4, 0.5) is 5.69 Å². The largest absolute Gasteiger partial charge is 0.497 e. The number of nitrogens with one attached hydrogen (secondary N) is 1. The zero-order valence-electron chi connectivity index (χ0n) is 20.1. The van der Waals surface area contributed by atoms with Gasteiger partial charge in [-0.05, 0) is 23.8 Å². The molecule has 2 heterocycles. The number of nitrogens with zero attached hydrogens (tertiary/aromatic N) is 1. The first-order valence-corrected chi connectivity index (χ1v) is 11.5. The van der Waals surface area contributed by atoms with Crippen molar-refractivity contribution in [3.63, 3.8) is 0 Å². The minimum atomic E-state index is -1.59. The number of methoxy groups -OCH3 is 3. The summed E-state index contributed by atoms with van der Waals surface area (Å²) < 4.78 is 16.2. The molecular formula is C28H26N2O6. The van der Waals surface area contributed by atoms with E-state index in [9.17, 15) is 14.4 Å². The Morgan fingerprint density at radius 2 is 1.53 bits per heavy atom. The summed E-state index contributed by atoms with van der Waals surface area (Å²) in [6.07, 6.45) is 0. The zero-order chi connectivity index (χ0) is 25.4. The van der Waals surface area contributed by atoms with Crippen molar-refractivity contribution in [2.24, 2.45) is 11.8 Å². The van der Waals surface area contributed by atoms with Crippen LogP contribution in [-0.2, 0) is 24.7 Å². The van der Waals surface area contributed by atoms with Crippen molar-refractivity contribution in [3.05, 3.63) is 90.0 Å². The average Bonchev–Trinajstić information content (AvgIpc) is 3.42. The third-order valence-electron chi connectivity index (χ3n) is 7.09. The highest BCUT2D eigenvalue weighted by Gasteiger charge is 2.70. The molecular weight excluding hydrogens is 460 g/mol. The highest BCUT2D eigenvalue weighted by molar-refractivity contribution is 6.24. The van der Waals surface area contributed by atoms with Gasteiger partial charge >= 0.3 is 5.97 Å². The van der Waals surface area contributed by atoms with Gasteiger partial charge in [-0.3, -0.25) is 14.9 Å². The van der Waals surface area contributed by atoms with Crippen LogP contribution in [0.25, 0.3) is 0 Å². The van der Waals surface area contributed by atoms with Crippen LogP contribution in [0.5, 0.6) is 11.5 Å². The predicted octanol–water partition coefficient (Wildman–Crippen LogP) is 3.22. The van der Waals surface area contributed by atoms with Crippen LogP contribution in [0.15, 0.2) is 78.9 Å². The van der Waals surface area contributed by atoms with Crippen LogP contribution in [0.1, 0.15) is 17.2 Å². The van der Waals surface area contributed by atoms with Crippen LogP contribution in [-0.4, -0.2) is 39.1 Å². The first-order valence-electron chi connectivity index (χ1n) is 11.5. The molecule has 3 aromatic rings. The van der Waals surface area contributed by atoms with Crippen molar-refractivity contribution in [1.29, 1.82) is 0 Å². The molecule has 0 spiro atoms. The van der Waals surface area contributed by atoms with Crippen LogP contribution in [0.3, 0.4) is 0 Å². The van der Waals surface area contributed by atoms with E-state index in [0.717, 1.165) is 0 Å². The van der Waals surface area contributed by atoms with Gasteiger partial charge in [-0.15, -0.1) is 0 Å². The maximum Gasteiger partial charge on any atom is 0.331 e. The fourth-order valence-electron chi connectivity index (χ4n) is 5.51. The second kappa shape index (κ2) is 9.13. The first kappa shape index (κ1) is 23.6. The van der Waals surface area contributed by atoms with Crippen molar-refractivity contribution >= 4 is 23.5 Å². The van der Waals surface area contributed by atoms with Gasteiger partial charge in [0, 0.05) is 17.7 Å². The minimum absolute atomic E-state index is 0.395. The Balaban J connectivity index is 1.75. The zero-order valence-corrected chi connectivity index (χ0v) is 20.1. The van der Waals surface area contributed by atoms with Gasteiger partial charge in [0.25, 0.3) is 0 Å². The third-order valence-corrected chi connectivity index (χ3v) is 7.09. The van der Waals surface area contributed by atoms with Gasteiger partial charge in [0.1, 0.15) is 11.5 Å². The van der Waals surface area contributed by atoms with Gasteiger partial charge in [-0.25, -0.2) is 9.69 Å². The van der Waals surface area contributed by atoms with Crippen LogP contribution in [0, 0.1) is 11.8 Å². The Kier molecular flexibility index (Phi) is 5.97. The van der Waals surface area contributed by atoms with Crippen molar-refractivity contribution in [2.75, 3.05) is 26.2 Å². The summed E-state index contributed by atoms with van der Waals surface area (Å²) >= 11 is 0. The number of hydrogen-bond acceptors (Lipinski definition) is 7. The molecule has 3 aromatic carbocycles. The molecule has 0 unspecified atom stereocenters. The van der Waals surface area contributed by atoms with E-state index in [1.54, 1.807) is 73.8 Å². The number of fused-ring (bicyclic) bond motifs is 1. The van der Waals surface area contributed by atoms with E-state index in [0.29, 0.717) is 28.3 Å². The number of carbonyl (C=O) groups excluding carboxylic acids is 3. The van der Waals surface area contributed by atoms with Crippen LogP contribution >= 0.6 is 0 Å². The normalized spacial score (nSPS) is 25.0. The highest BCUT2D eigenvalue weighted by Crippen LogP contribution is 2.55. The van der Waals surface area contributed by atoms with E-state index in [4.69, 9.17) is 14.2 Å². The van der Waals surface area contributed by atoms with Gasteiger partial charge in [0.05, 0.1) is 38.9 Å². The monoisotopic (exact) mass is 486 g/mol. The molecule has 0 bridgehead atoms. The van der Waals surface area contributed by atoms with Crippen molar-refractivity contribution in [1.82, 2.24) is 5.32 Å². The van der Waals surface area contributed by atoms with Crippen molar-refractivity contribution < 1.29 is 28.6 Å². The molecule has 36 heavy (non-hydrogen) atoms. The molecule has 2 saturated heterocycles. The SMILES string of the molecule is COC(=O)[C@]1(c2ccccc2)N[C@H](c2ccc(OC)cc2OC)[C@@H]2C(=O)N(c3ccccc3)C(=O)[C@@H]21. The Morgan fingerprint density at radius 1 is 0.861 bits per heavy atom. The van der Waals surface area contributed by atoms with Crippen LogP contribution < -0.4 is 19.7 Å². The van der Waals surface area contributed by atoms with E-state index in [1.165, 1.54) is 19.1 Å². The topological polar surface area (TPSA) is 94.2 Å². The van der Waals surface area contributed by atoms with E-state index in [2.05, 4.69) is 5.32 Å². The van der Waals surface area contributed by atoms with Gasteiger partial charge < -0.3 is 14.2 Å². The molecule has 2 fully saturated rings. The molecule has 1 N–H and O–H groups in total. The standard InChI is InChI=1S/C28H26N2O6/c1-34-19-14-15-20(21(16-19)35-2)24-22-23(26(32)30(25(22)31)18-12-8-5-9-13-18)28(29-24,27(33)36-3)17-10-6-4-7-11-17/h4-16,22-24,29H,1-3H3/t22-,23-,24-,28-/m1/s1. The minimum Gasteiger partial charge on any atom is -0.497 e. The average molecular weight is 487 g/mol. The molecule has 4 atom stereocenters. The van der Waals surface area contributed by atoms with Gasteiger partial charge in [-0.2, -0.15) is 0 Å². The van der Waals surface area contributed by atoms with Gasteiger partial charge in [0.15, 0.2) is 5.54 Å². The molecule has 2 aliphatic heterocycles. The molecule has 2 aliphatic rings. The van der Waals surface area contributed by atoms with Gasteiger partial charge in [0.2, 0.25) is 11.8 Å². The fourth-order valence-corrected chi connectivity index (χ4v) is 5.51. The van der Waals surface area contributed by atoms with Gasteiger partial charge in [-0.1, -0.05) is 54.6 Å². The lowest BCUT2D eigenvalue weighted by atomic mass is 9.75. The van der Waals surface area contributed by atoms with Crippen LogP contribution in [0.2, 0.25) is 0 Å². The number of esters is 1. The van der Waals surface area contributed by atoms with E-state index < -0.39 is 41.2 Å². The number of anilines is 1. The summed E-state index contributed by atoms with van der Waals surface area (Å²) in [5.74, 6) is -2.39. The second-order valence-electron chi connectivity index (χ2n) is 8.75. The predicted molar refractivity (Wildman–Crippen MR) is 131 cm³/mol. The smallest absolute Gasteiger partial charge is 0.331 e. The summed E-state index contributed by atoms with van der Waals surface area (Å²) in [6.45, 7) is 0. The maximum absolute atomic E-state index is 14.0. The summed E-state index contributed by atoms with van der Waals surface area (Å²) in [4.78, 5) is 42.8. The Hall–Kier alpha value is -4.17. The Bertz CT molecular complexity index is 1310. The summed E-state index contributed by atoms with van der Waals surface area (Å²) in [7, 11) is 4.35. The first-order chi connectivity index (χ1) is 17.5. The fraction of sp³-hybridized carbons (Fsp3) is 0.250. The van der Waals surface area contributed by atoms with Crippen molar-refractivity contribution in [2.45, 2.75) is 11.6 Å². The number of rotatable bonds is 6. The molecule has 8 heteroatoms. The molecule has 8 nitrogen and oxygen atoms in total. The number of benzene rings is 3. The molecule has 0 saturated carbocycles. The summed E-state index contributed by atoms with van der Waals surface area (Å²) in [6, 6.07) is 22.2. The maximum atomic E-state index is 14.0. The number of hydrogen-bond donors (Lipinski definition) is 1. The molecule has 184 valence electrons. The summed E-state index contributed by atoms with van der Waals surface area (Å²) in [5, 5.41) is 3.37. The highest BCUT2D eigenvalue weighted by atomic mass is 16.5. The lowest BCUT2D eigenvalue weighted by Crippen LogP contribution is -2.53. The molecule has 0 aliphatic carbocycles. The third kappa shape index (κ3) is 3.37. The summed E-state index contributed by atoms with van der Waals surface area (Å²) in [5.41, 5.74) is 0.0326. The molecule has 2 amide bonds. The lowest BCUT2D eigenvalue weighted by Gasteiger charge is -2.33. The number of ether oxygens (including phenoxy) is 3. The molecule has 0 radical (unpaired) electrons. The Labute approximate surface area is 208 Å². The molecule has 5 rings (SSSR count). The van der Waals surface area contributed by atoms with E-state index in [-0.39, 0.29) is 0 Å².